The van der Waals surface area contributed by atoms with E-state index in [1.165, 1.54) is 19.1 Å². The number of halogens is 1. The van der Waals surface area contributed by atoms with Gasteiger partial charge in [-0.2, -0.15) is 0 Å². The second-order valence-corrected chi connectivity index (χ2v) is 7.26. The van der Waals surface area contributed by atoms with Crippen LogP contribution in [-0.2, 0) is 9.59 Å². The van der Waals surface area contributed by atoms with Crippen molar-refractivity contribution < 1.29 is 18.7 Å². The van der Waals surface area contributed by atoms with Gasteiger partial charge in [0.05, 0.1) is 11.7 Å². The summed E-state index contributed by atoms with van der Waals surface area (Å²) in [5, 5.41) is 5.63. The lowest BCUT2D eigenvalue weighted by atomic mass is 9.98. The lowest BCUT2D eigenvalue weighted by Gasteiger charge is -2.34. The van der Waals surface area contributed by atoms with Crippen molar-refractivity contribution in [1.82, 2.24) is 10.2 Å². The number of ether oxygens (including phenoxy) is 1. The summed E-state index contributed by atoms with van der Waals surface area (Å²) in [6.07, 6.45) is 0.596. The van der Waals surface area contributed by atoms with Crippen molar-refractivity contribution in [3.63, 3.8) is 0 Å². The number of para-hydroxylation sites is 2. The normalized spacial score (nSPS) is 19.4. The van der Waals surface area contributed by atoms with Gasteiger partial charge in [0.25, 0.3) is 17.4 Å². The zero-order chi connectivity index (χ0) is 20.3. The fourth-order valence-corrected chi connectivity index (χ4v) is 3.02. The Balaban J connectivity index is 1.82. The molecule has 0 aromatic heterocycles. The van der Waals surface area contributed by atoms with Crippen LogP contribution >= 0.6 is 0 Å². The molecule has 2 N–H and O–H groups in total. The quantitative estimate of drug-likeness (QED) is 0.750. The topological polar surface area (TPSA) is 70.7 Å². The zero-order valence-electron chi connectivity index (χ0n) is 16.2. The first-order valence-corrected chi connectivity index (χ1v) is 9.10. The Hall–Kier alpha value is -2.93. The number of nitrogens with one attached hydrogen (secondary N) is 2. The first-order chi connectivity index (χ1) is 13.3. The highest BCUT2D eigenvalue weighted by atomic mass is 19.1. The lowest BCUT2D eigenvalue weighted by Crippen LogP contribution is -2.59. The van der Waals surface area contributed by atoms with E-state index in [0.29, 0.717) is 24.4 Å². The van der Waals surface area contributed by atoms with Crippen LogP contribution < -0.4 is 15.4 Å². The van der Waals surface area contributed by atoms with E-state index >= 15 is 0 Å². The summed E-state index contributed by atoms with van der Waals surface area (Å²) >= 11 is 0. The van der Waals surface area contributed by atoms with Gasteiger partial charge in [0, 0.05) is 0 Å². The molecule has 2 amide bonds. The molecule has 0 spiro atoms. The minimum atomic E-state index is -1.70. The van der Waals surface area contributed by atoms with Crippen LogP contribution in [0.15, 0.2) is 48.5 Å². The van der Waals surface area contributed by atoms with Crippen LogP contribution in [-0.4, -0.2) is 43.0 Å². The SMILES string of the molecule is CN(C)CCC(NC(=O)C1(C)Oc2ccccc2NC1=O)c1ccc(F)cc1. The predicted octanol–water partition coefficient (Wildman–Crippen LogP) is 2.72. The van der Waals surface area contributed by atoms with Crippen molar-refractivity contribution in [2.24, 2.45) is 0 Å². The highest BCUT2D eigenvalue weighted by Crippen LogP contribution is 2.33. The number of rotatable bonds is 6. The molecule has 1 heterocycles. The molecular formula is C21H24FN3O3. The minimum Gasteiger partial charge on any atom is -0.466 e. The van der Waals surface area contributed by atoms with E-state index in [0.717, 1.165) is 5.56 Å². The molecule has 148 valence electrons. The van der Waals surface area contributed by atoms with Crippen LogP contribution in [0.2, 0.25) is 0 Å². The monoisotopic (exact) mass is 385 g/mol. The molecular weight excluding hydrogens is 361 g/mol. The highest BCUT2D eigenvalue weighted by molar-refractivity contribution is 6.15. The van der Waals surface area contributed by atoms with Crippen LogP contribution in [0.1, 0.15) is 24.9 Å². The molecule has 7 heteroatoms. The van der Waals surface area contributed by atoms with Crippen molar-refractivity contribution in [3.8, 4) is 5.75 Å². The fraction of sp³-hybridized carbons (Fsp3) is 0.333. The summed E-state index contributed by atoms with van der Waals surface area (Å²) < 4.78 is 19.1. The Bertz CT molecular complexity index is 869. The van der Waals surface area contributed by atoms with Gasteiger partial charge in [0.2, 0.25) is 0 Å². The molecule has 2 aromatic carbocycles. The standard InChI is InChI=1S/C21H24FN3O3/c1-21(20(27)24-17-6-4-5-7-18(17)28-21)19(26)23-16(12-13-25(2)3)14-8-10-15(22)11-9-14/h4-11,16H,12-13H2,1-3H3,(H,23,26)(H,24,27). The number of fused-ring (bicyclic) bond motifs is 1. The number of nitrogens with zero attached hydrogens (tertiary/aromatic N) is 1. The summed E-state index contributed by atoms with van der Waals surface area (Å²) in [4.78, 5) is 27.6. The Morgan fingerprint density at radius 3 is 2.57 bits per heavy atom. The molecule has 2 unspecified atom stereocenters. The molecule has 2 atom stereocenters. The molecule has 1 aliphatic rings. The first kappa shape index (κ1) is 19.8. The van der Waals surface area contributed by atoms with Crippen molar-refractivity contribution in [3.05, 3.63) is 59.9 Å². The number of amides is 2. The van der Waals surface area contributed by atoms with Gasteiger partial charge >= 0.3 is 0 Å². The van der Waals surface area contributed by atoms with E-state index in [2.05, 4.69) is 10.6 Å². The Morgan fingerprint density at radius 2 is 1.89 bits per heavy atom. The summed E-state index contributed by atoms with van der Waals surface area (Å²) in [6, 6.07) is 12.5. The summed E-state index contributed by atoms with van der Waals surface area (Å²) in [6.45, 7) is 2.15. The number of benzene rings is 2. The van der Waals surface area contributed by atoms with Gasteiger partial charge in [-0.25, -0.2) is 4.39 Å². The maximum Gasteiger partial charge on any atom is 0.278 e. The molecule has 28 heavy (non-hydrogen) atoms. The zero-order valence-corrected chi connectivity index (χ0v) is 16.2. The number of carbonyl (C=O) groups excluding carboxylic acids is 2. The summed E-state index contributed by atoms with van der Waals surface area (Å²) in [5.74, 6) is -0.992. The van der Waals surface area contributed by atoms with Gasteiger partial charge in [-0.1, -0.05) is 24.3 Å². The van der Waals surface area contributed by atoms with Crippen molar-refractivity contribution in [2.75, 3.05) is 26.0 Å². The molecule has 0 fully saturated rings. The van der Waals surface area contributed by atoms with E-state index in [-0.39, 0.29) is 11.9 Å². The fourth-order valence-electron chi connectivity index (χ4n) is 3.02. The molecule has 6 nitrogen and oxygen atoms in total. The third-order valence-electron chi connectivity index (χ3n) is 4.76. The van der Waals surface area contributed by atoms with E-state index < -0.39 is 17.4 Å². The number of hydrogen-bond acceptors (Lipinski definition) is 4. The molecule has 0 aliphatic carbocycles. The second-order valence-electron chi connectivity index (χ2n) is 7.26. The molecule has 1 aliphatic heterocycles. The molecule has 0 saturated carbocycles. The van der Waals surface area contributed by atoms with Gasteiger partial charge in [0.15, 0.2) is 0 Å². The molecule has 2 aromatic rings. The maximum absolute atomic E-state index is 13.3. The Labute approximate surface area is 163 Å². The lowest BCUT2D eigenvalue weighted by molar-refractivity contribution is -0.147. The third-order valence-corrected chi connectivity index (χ3v) is 4.76. The van der Waals surface area contributed by atoms with Crippen LogP contribution in [0, 0.1) is 5.82 Å². The first-order valence-electron chi connectivity index (χ1n) is 9.10. The van der Waals surface area contributed by atoms with Crippen LogP contribution in [0.5, 0.6) is 5.75 Å². The summed E-state index contributed by atoms with van der Waals surface area (Å²) in [5.41, 5.74) is -0.414. The van der Waals surface area contributed by atoms with Gasteiger partial charge in [0.1, 0.15) is 11.6 Å². The number of hydrogen-bond donors (Lipinski definition) is 2. The molecule has 0 radical (unpaired) electrons. The third kappa shape index (κ3) is 4.14. The van der Waals surface area contributed by atoms with Crippen molar-refractivity contribution in [2.45, 2.75) is 25.0 Å². The predicted molar refractivity (Wildman–Crippen MR) is 105 cm³/mol. The maximum atomic E-state index is 13.3. The van der Waals surface area contributed by atoms with Gasteiger partial charge in [-0.3, -0.25) is 9.59 Å². The van der Waals surface area contributed by atoms with Crippen molar-refractivity contribution in [1.29, 1.82) is 0 Å². The van der Waals surface area contributed by atoms with Crippen LogP contribution in [0.4, 0.5) is 10.1 Å². The Morgan fingerprint density at radius 1 is 1.21 bits per heavy atom. The second kappa shape index (κ2) is 7.98. The Kier molecular flexibility index (Phi) is 5.65. The van der Waals surface area contributed by atoms with Gasteiger partial charge in [-0.05, 0) is 63.8 Å². The van der Waals surface area contributed by atoms with Gasteiger partial charge in [-0.15, -0.1) is 0 Å². The molecule has 0 saturated heterocycles. The average Bonchev–Trinajstić information content (AvgIpc) is 2.66. The smallest absolute Gasteiger partial charge is 0.278 e. The molecule has 0 bridgehead atoms. The number of carbonyl (C=O) groups is 2. The van der Waals surface area contributed by atoms with E-state index in [9.17, 15) is 14.0 Å². The van der Waals surface area contributed by atoms with Crippen LogP contribution in [0.25, 0.3) is 0 Å². The summed E-state index contributed by atoms with van der Waals surface area (Å²) in [7, 11) is 3.86. The van der Waals surface area contributed by atoms with E-state index in [1.54, 1.807) is 36.4 Å². The van der Waals surface area contributed by atoms with E-state index in [1.807, 2.05) is 19.0 Å². The highest BCUT2D eigenvalue weighted by Gasteiger charge is 2.47. The van der Waals surface area contributed by atoms with E-state index in [4.69, 9.17) is 4.74 Å². The molecule has 3 rings (SSSR count). The average molecular weight is 385 g/mol. The minimum absolute atomic E-state index is 0.347. The van der Waals surface area contributed by atoms with Crippen LogP contribution in [0.3, 0.4) is 0 Å². The largest absolute Gasteiger partial charge is 0.466 e. The number of anilines is 1. The van der Waals surface area contributed by atoms with Crippen molar-refractivity contribution >= 4 is 17.5 Å². The van der Waals surface area contributed by atoms with Gasteiger partial charge < -0.3 is 20.3 Å².